The van der Waals surface area contributed by atoms with Gasteiger partial charge in [-0.3, -0.25) is 9.59 Å². The molecule has 3 rings (SSSR count). The number of rotatable bonds is 10. The lowest BCUT2D eigenvalue weighted by atomic mass is 10.0. The molecule has 0 spiro atoms. The van der Waals surface area contributed by atoms with Crippen molar-refractivity contribution in [3.8, 4) is 11.5 Å². The average molecular weight is 441 g/mol. The van der Waals surface area contributed by atoms with E-state index in [1.54, 1.807) is 14.2 Å². The molecule has 1 aliphatic heterocycles. The predicted octanol–water partition coefficient (Wildman–Crippen LogP) is 3.48. The van der Waals surface area contributed by atoms with E-state index >= 15 is 0 Å². The monoisotopic (exact) mass is 440 g/mol. The maximum absolute atomic E-state index is 13.4. The number of nitrogens with one attached hydrogen (secondary N) is 1. The van der Waals surface area contributed by atoms with Gasteiger partial charge in [0.15, 0.2) is 0 Å². The Balaban J connectivity index is 1.78. The molecule has 0 bridgehead atoms. The van der Waals surface area contributed by atoms with Crippen molar-refractivity contribution < 1.29 is 23.8 Å². The summed E-state index contributed by atoms with van der Waals surface area (Å²) in [6, 6.07) is 14.7. The van der Waals surface area contributed by atoms with Gasteiger partial charge >= 0.3 is 0 Å². The van der Waals surface area contributed by atoms with E-state index in [0.717, 1.165) is 42.1 Å². The van der Waals surface area contributed by atoms with Crippen LogP contribution in [0.4, 0.5) is 0 Å². The van der Waals surface area contributed by atoms with E-state index in [2.05, 4.69) is 5.32 Å². The Morgan fingerprint density at radius 3 is 2.50 bits per heavy atom. The molecule has 0 saturated carbocycles. The number of carbonyl (C=O) groups is 2. The maximum Gasteiger partial charge on any atom is 0.225 e. The quantitative estimate of drug-likeness (QED) is 0.612. The zero-order chi connectivity index (χ0) is 22.9. The summed E-state index contributed by atoms with van der Waals surface area (Å²) in [7, 11) is 3.23. The Morgan fingerprint density at radius 2 is 1.88 bits per heavy atom. The summed E-state index contributed by atoms with van der Waals surface area (Å²) in [5.74, 6) is 1.25. The first kappa shape index (κ1) is 23.6. The molecule has 1 saturated heterocycles. The van der Waals surface area contributed by atoms with E-state index < -0.39 is 6.04 Å². The highest BCUT2D eigenvalue weighted by atomic mass is 16.5. The number of hydrogen-bond donors (Lipinski definition) is 1. The molecule has 2 unspecified atom stereocenters. The molecular weight excluding hydrogens is 408 g/mol. The standard InChI is InChI=1S/C25H32N2O5/c1-18(28)26-24(20-9-11-21(30-2)12-10-20)15-25(29)27(17-23-8-5-13-32-23)16-19-6-4-7-22(14-19)31-3/h4,6-7,9-12,14,23-24H,5,8,13,15-17H2,1-3H3,(H,26,28). The number of carbonyl (C=O) groups excluding carboxylic acids is 2. The van der Waals surface area contributed by atoms with Crippen LogP contribution in [0.15, 0.2) is 48.5 Å². The van der Waals surface area contributed by atoms with Crippen molar-refractivity contribution in [2.75, 3.05) is 27.4 Å². The highest BCUT2D eigenvalue weighted by Gasteiger charge is 2.26. The summed E-state index contributed by atoms with van der Waals surface area (Å²) in [6.45, 7) is 3.16. The summed E-state index contributed by atoms with van der Waals surface area (Å²) in [5, 5.41) is 2.92. The second-order valence-corrected chi connectivity index (χ2v) is 7.99. The van der Waals surface area contributed by atoms with Gasteiger partial charge in [0.2, 0.25) is 11.8 Å². The maximum atomic E-state index is 13.4. The fraction of sp³-hybridized carbons (Fsp3) is 0.440. The first-order chi connectivity index (χ1) is 15.5. The van der Waals surface area contributed by atoms with Gasteiger partial charge in [-0.25, -0.2) is 0 Å². The van der Waals surface area contributed by atoms with Crippen molar-refractivity contribution in [3.63, 3.8) is 0 Å². The van der Waals surface area contributed by atoms with Crippen molar-refractivity contribution in [2.24, 2.45) is 0 Å². The van der Waals surface area contributed by atoms with Gasteiger partial charge in [0, 0.05) is 26.6 Å². The summed E-state index contributed by atoms with van der Waals surface area (Å²) < 4.78 is 16.3. The normalized spacial score (nSPS) is 16.3. The molecule has 0 aliphatic carbocycles. The summed E-state index contributed by atoms with van der Waals surface area (Å²) in [4.78, 5) is 27.1. The lowest BCUT2D eigenvalue weighted by Crippen LogP contribution is -2.39. The van der Waals surface area contributed by atoms with Crippen LogP contribution in [-0.4, -0.2) is 50.2 Å². The molecule has 172 valence electrons. The van der Waals surface area contributed by atoms with Gasteiger partial charge in [0.25, 0.3) is 0 Å². The minimum Gasteiger partial charge on any atom is -0.497 e. The molecule has 2 aromatic carbocycles. The van der Waals surface area contributed by atoms with E-state index in [-0.39, 0.29) is 24.3 Å². The SMILES string of the molecule is COc1ccc(C(CC(=O)N(Cc2cccc(OC)c2)CC2CCCO2)NC(C)=O)cc1. The molecule has 2 aromatic rings. The summed E-state index contributed by atoms with van der Waals surface area (Å²) >= 11 is 0. The third-order valence-electron chi connectivity index (χ3n) is 5.58. The second kappa shape index (κ2) is 11.5. The molecule has 1 aliphatic rings. The largest absolute Gasteiger partial charge is 0.497 e. The van der Waals surface area contributed by atoms with Gasteiger partial charge in [0.1, 0.15) is 11.5 Å². The Kier molecular flexibility index (Phi) is 8.50. The van der Waals surface area contributed by atoms with Gasteiger partial charge in [-0.1, -0.05) is 24.3 Å². The van der Waals surface area contributed by atoms with Crippen LogP contribution in [0.1, 0.15) is 43.4 Å². The molecule has 0 radical (unpaired) electrons. The summed E-state index contributed by atoms with van der Waals surface area (Å²) in [6.07, 6.45) is 2.13. The first-order valence-electron chi connectivity index (χ1n) is 10.9. The van der Waals surface area contributed by atoms with E-state index in [1.807, 2.05) is 53.4 Å². The number of amides is 2. The van der Waals surface area contributed by atoms with Crippen molar-refractivity contribution in [2.45, 2.75) is 44.9 Å². The summed E-state index contributed by atoms with van der Waals surface area (Å²) in [5.41, 5.74) is 1.84. The van der Waals surface area contributed by atoms with E-state index in [4.69, 9.17) is 14.2 Å². The third kappa shape index (κ3) is 6.72. The molecule has 2 atom stereocenters. The molecule has 0 aromatic heterocycles. The second-order valence-electron chi connectivity index (χ2n) is 7.99. The molecule has 1 N–H and O–H groups in total. The van der Waals surface area contributed by atoms with Crippen LogP contribution in [-0.2, 0) is 20.9 Å². The van der Waals surface area contributed by atoms with E-state index in [1.165, 1.54) is 6.92 Å². The third-order valence-corrected chi connectivity index (χ3v) is 5.58. The van der Waals surface area contributed by atoms with E-state index in [0.29, 0.717) is 13.1 Å². The average Bonchev–Trinajstić information content (AvgIpc) is 3.31. The van der Waals surface area contributed by atoms with Gasteiger partial charge in [-0.05, 0) is 48.2 Å². The number of ether oxygens (including phenoxy) is 3. The van der Waals surface area contributed by atoms with Crippen LogP contribution in [0.2, 0.25) is 0 Å². The molecule has 32 heavy (non-hydrogen) atoms. The fourth-order valence-electron chi connectivity index (χ4n) is 3.92. The Hall–Kier alpha value is -3.06. The number of nitrogens with zero attached hydrogens (tertiary/aromatic N) is 1. The zero-order valence-corrected chi connectivity index (χ0v) is 19.0. The van der Waals surface area contributed by atoms with Crippen LogP contribution >= 0.6 is 0 Å². The Morgan fingerprint density at radius 1 is 1.12 bits per heavy atom. The van der Waals surface area contributed by atoms with Crippen LogP contribution < -0.4 is 14.8 Å². The van der Waals surface area contributed by atoms with Crippen molar-refractivity contribution >= 4 is 11.8 Å². The molecule has 1 heterocycles. The first-order valence-corrected chi connectivity index (χ1v) is 10.9. The highest BCUT2D eigenvalue weighted by Crippen LogP contribution is 2.24. The van der Waals surface area contributed by atoms with Gasteiger partial charge in [0.05, 0.1) is 32.8 Å². The lowest BCUT2D eigenvalue weighted by molar-refractivity contribution is -0.134. The van der Waals surface area contributed by atoms with Crippen molar-refractivity contribution in [1.29, 1.82) is 0 Å². The smallest absolute Gasteiger partial charge is 0.225 e. The van der Waals surface area contributed by atoms with Gasteiger partial charge in [-0.2, -0.15) is 0 Å². The Labute approximate surface area is 189 Å². The van der Waals surface area contributed by atoms with Crippen LogP contribution in [0.5, 0.6) is 11.5 Å². The Bertz CT molecular complexity index is 893. The topological polar surface area (TPSA) is 77.1 Å². The number of hydrogen-bond acceptors (Lipinski definition) is 5. The molecular formula is C25H32N2O5. The molecule has 1 fully saturated rings. The minimum atomic E-state index is -0.428. The highest BCUT2D eigenvalue weighted by molar-refractivity contribution is 5.79. The number of methoxy groups -OCH3 is 2. The van der Waals surface area contributed by atoms with Gasteiger partial charge < -0.3 is 24.4 Å². The fourth-order valence-corrected chi connectivity index (χ4v) is 3.92. The van der Waals surface area contributed by atoms with Crippen LogP contribution in [0.3, 0.4) is 0 Å². The predicted molar refractivity (Wildman–Crippen MR) is 122 cm³/mol. The van der Waals surface area contributed by atoms with Crippen molar-refractivity contribution in [1.82, 2.24) is 10.2 Å². The minimum absolute atomic E-state index is 0.0322. The van der Waals surface area contributed by atoms with Crippen molar-refractivity contribution in [3.05, 3.63) is 59.7 Å². The van der Waals surface area contributed by atoms with Gasteiger partial charge in [-0.15, -0.1) is 0 Å². The number of benzene rings is 2. The molecule has 2 amide bonds. The molecule has 7 nitrogen and oxygen atoms in total. The molecule has 7 heteroatoms. The lowest BCUT2D eigenvalue weighted by Gasteiger charge is -2.28. The van der Waals surface area contributed by atoms with Crippen LogP contribution in [0, 0.1) is 0 Å². The zero-order valence-electron chi connectivity index (χ0n) is 19.0. The van der Waals surface area contributed by atoms with E-state index in [9.17, 15) is 9.59 Å². The van der Waals surface area contributed by atoms with Crippen LogP contribution in [0.25, 0.3) is 0 Å².